The molecule has 0 aliphatic carbocycles. The van der Waals surface area contributed by atoms with Crippen molar-refractivity contribution in [1.29, 1.82) is 0 Å². The summed E-state index contributed by atoms with van der Waals surface area (Å²) in [5.41, 5.74) is 1.14. The predicted octanol–water partition coefficient (Wildman–Crippen LogP) is 1.71. The Bertz CT molecular complexity index is 131. The van der Waals surface area contributed by atoms with Crippen LogP contribution in [0.5, 0.6) is 0 Å². The summed E-state index contributed by atoms with van der Waals surface area (Å²) in [4.78, 5) is 0. The molecule has 10 heavy (non-hydrogen) atoms. The van der Waals surface area contributed by atoms with E-state index in [1.165, 1.54) is 0 Å². The predicted molar refractivity (Wildman–Crippen MR) is 39.7 cm³/mol. The highest BCUT2D eigenvalue weighted by Gasteiger charge is 2.24. The second-order valence-corrected chi connectivity index (χ2v) is 2.53. The van der Waals surface area contributed by atoms with Gasteiger partial charge in [0.2, 0.25) is 0 Å². The molecule has 1 rings (SSSR count). The summed E-state index contributed by atoms with van der Waals surface area (Å²) in [6.07, 6.45) is 0.999. The molecular weight excluding hydrogens is 128 g/mol. The van der Waals surface area contributed by atoms with Gasteiger partial charge in [0, 0.05) is 13.0 Å². The first kappa shape index (κ1) is 7.76. The maximum Gasteiger partial charge on any atom is 0.162 e. The Balaban J connectivity index is 2.34. The molecule has 0 aromatic carbocycles. The molecule has 1 saturated heterocycles. The smallest absolute Gasteiger partial charge is 0.162 e. The summed E-state index contributed by atoms with van der Waals surface area (Å²) in [6.45, 7) is 8.54. The fourth-order valence-electron chi connectivity index (χ4n) is 1.04. The molecule has 0 spiro atoms. The van der Waals surface area contributed by atoms with Crippen LogP contribution in [0.2, 0.25) is 0 Å². The van der Waals surface area contributed by atoms with Crippen LogP contribution in [0.4, 0.5) is 0 Å². The van der Waals surface area contributed by atoms with Crippen LogP contribution in [0, 0.1) is 0 Å². The molecule has 0 saturated carbocycles. The van der Waals surface area contributed by atoms with E-state index in [0.717, 1.165) is 12.0 Å². The van der Waals surface area contributed by atoms with Gasteiger partial charge in [0.25, 0.3) is 0 Å². The van der Waals surface area contributed by atoms with Gasteiger partial charge in [-0.3, -0.25) is 0 Å². The summed E-state index contributed by atoms with van der Waals surface area (Å²) in [6, 6.07) is 0. The molecule has 0 N–H and O–H groups in total. The monoisotopic (exact) mass is 142 g/mol. The van der Waals surface area contributed by atoms with Gasteiger partial charge in [-0.2, -0.15) is 0 Å². The van der Waals surface area contributed by atoms with E-state index in [1.54, 1.807) is 0 Å². The highest BCUT2D eigenvalue weighted by molar-refractivity contribution is 5.05. The average Bonchev–Trinajstić information content (AvgIpc) is 2.14. The summed E-state index contributed by atoms with van der Waals surface area (Å²) in [7, 11) is 0. The van der Waals surface area contributed by atoms with E-state index in [9.17, 15) is 0 Å². The molecule has 2 atom stereocenters. The molecule has 1 aliphatic rings. The topological polar surface area (TPSA) is 18.5 Å². The Morgan fingerprint density at radius 3 is 2.90 bits per heavy atom. The Morgan fingerprint density at radius 2 is 2.50 bits per heavy atom. The van der Waals surface area contributed by atoms with E-state index in [0.29, 0.717) is 6.61 Å². The highest BCUT2D eigenvalue weighted by atomic mass is 16.7. The molecular formula is C8H14O2. The van der Waals surface area contributed by atoms with Crippen molar-refractivity contribution in [3.8, 4) is 0 Å². The first-order chi connectivity index (χ1) is 4.74. The average molecular weight is 142 g/mol. The van der Waals surface area contributed by atoms with Gasteiger partial charge in [0.05, 0.1) is 6.10 Å². The number of rotatable bonds is 2. The Morgan fingerprint density at radius 1 is 1.80 bits per heavy atom. The molecule has 1 heterocycles. The minimum atomic E-state index is -0.0347. The number of hydrogen-bond acceptors (Lipinski definition) is 2. The van der Waals surface area contributed by atoms with Crippen LogP contribution in [0.3, 0.4) is 0 Å². The quantitative estimate of drug-likeness (QED) is 0.546. The van der Waals surface area contributed by atoms with Gasteiger partial charge in [0.15, 0.2) is 6.29 Å². The molecule has 2 heteroatoms. The van der Waals surface area contributed by atoms with Crippen molar-refractivity contribution in [2.24, 2.45) is 0 Å². The molecule has 2 unspecified atom stereocenters. The lowest BCUT2D eigenvalue weighted by atomic mass is 10.2. The van der Waals surface area contributed by atoms with Crippen LogP contribution in [0.15, 0.2) is 12.2 Å². The molecule has 1 aliphatic heterocycles. The van der Waals surface area contributed by atoms with Crippen molar-refractivity contribution in [3.63, 3.8) is 0 Å². The SMILES string of the molecule is C=C1CC(OCC)OC1C. The minimum Gasteiger partial charge on any atom is -0.353 e. The second kappa shape index (κ2) is 3.17. The van der Waals surface area contributed by atoms with E-state index in [4.69, 9.17) is 9.47 Å². The zero-order chi connectivity index (χ0) is 7.56. The third-order valence-electron chi connectivity index (χ3n) is 1.71. The van der Waals surface area contributed by atoms with Crippen molar-refractivity contribution in [1.82, 2.24) is 0 Å². The van der Waals surface area contributed by atoms with Crippen LogP contribution in [0.25, 0.3) is 0 Å². The van der Waals surface area contributed by atoms with Crippen molar-refractivity contribution in [2.75, 3.05) is 6.61 Å². The van der Waals surface area contributed by atoms with Crippen LogP contribution in [-0.4, -0.2) is 19.0 Å². The van der Waals surface area contributed by atoms with Gasteiger partial charge < -0.3 is 9.47 Å². The molecule has 1 fully saturated rings. The molecule has 0 amide bonds. The summed E-state index contributed by atoms with van der Waals surface area (Å²) in [5, 5.41) is 0. The fourth-order valence-corrected chi connectivity index (χ4v) is 1.04. The molecule has 0 bridgehead atoms. The minimum absolute atomic E-state index is 0.0347. The summed E-state index contributed by atoms with van der Waals surface area (Å²) in [5.74, 6) is 0. The Hall–Kier alpha value is -0.340. The molecule has 58 valence electrons. The first-order valence-corrected chi connectivity index (χ1v) is 3.68. The lowest BCUT2D eigenvalue weighted by molar-refractivity contribution is -0.125. The molecule has 0 aromatic heterocycles. The van der Waals surface area contributed by atoms with Crippen LogP contribution < -0.4 is 0 Å². The van der Waals surface area contributed by atoms with Crippen molar-refractivity contribution < 1.29 is 9.47 Å². The molecule has 0 radical (unpaired) electrons. The number of hydrogen-bond donors (Lipinski definition) is 0. The van der Waals surface area contributed by atoms with Gasteiger partial charge in [0.1, 0.15) is 0 Å². The maximum atomic E-state index is 5.39. The molecule has 0 aromatic rings. The first-order valence-electron chi connectivity index (χ1n) is 3.68. The summed E-state index contributed by atoms with van der Waals surface area (Å²) >= 11 is 0. The lowest BCUT2D eigenvalue weighted by Crippen LogP contribution is -2.11. The van der Waals surface area contributed by atoms with Gasteiger partial charge in [-0.1, -0.05) is 6.58 Å². The van der Waals surface area contributed by atoms with Crippen molar-refractivity contribution in [3.05, 3.63) is 12.2 Å². The number of ether oxygens (including phenoxy) is 2. The highest BCUT2D eigenvalue weighted by Crippen LogP contribution is 2.24. The van der Waals surface area contributed by atoms with Crippen LogP contribution in [-0.2, 0) is 9.47 Å². The van der Waals surface area contributed by atoms with Crippen LogP contribution in [0.1, 0.15) is 20.3 Å². The van der Waals surface area contributed by atoms with Gasteiger partial charge in [-0.25, -0.2) is 0 Å². The Kier molecular flexibility index (Phi) is 2.46. The zero-order valence-corrected chi connectivity index (χ0v) is 6.59. The van der Waals surface area contributed by atoms with Crippen LogP contribution >= 0.6 is 0 Å². The summed E-state index contributed by atoms with van der Waals surface area (Å²) < 4.78 is 10.7. The van der Waals surface area contributed by atoms with Gasteiger partial charge in [-0.05, 0) is 19.4 Å². The fraction of sp³-hybridized carbons (Fsp3) is 0.750. The van der Waals surface area contributed by atoms with E-state index in [-0.39, 0.29) is 12.4 Å². The Labute approximate surface area is 61.8 Å². The second-order valence-electron chi connectivity index (χ2n) is 2.53. The maximum absolute atomic E-state index is 5.39. The standard InChI is InChI=1S/C8H14O2/c1-4-9-8-5-6(2)7(3)10-8/h7-8H,2,4-5H2,1,3H3. The molecule has 2 nitrogen and oxygen atoms in total. The lowest BCUT2D eigenvalue weighted by Gasteiger charge is -2.08. The van der Waals surface area contributed by atoms with E-state index >= 15 is 0 Å². The third kappa shape index (κ3) is 1.58. The van der Waals surface area contributed by atoms with E-state index < -0.39 is 0 Å². The normalized spacial score (nSPS) is 33.2. The third-order valence-corrected chi connectivity index (χ3v) is 1.71. The largest absolute Gasteiger partial charge is 0.353 e. The van der Waals surface area contributed by atoms with Crippen molar-refractivity contribution in [2.45, 2.75) is 32.7 Å². The van der Waals surface area contributed by atoms with E-state index in [2.05, 4.69) is 6.58 Å². The van der Waals surface area contributed by atoms with Gasteiger partial charge >= 0.3 is 0 Å². The van der Waals surface area contributed by atoms with E-state index in [1.807, 2.05) is 13.8 Å². The van der Waals surface area contributed by atoms with Gasteiger partial charge in [-0.15, -0.1) is 0 Å². The zero-order valence-electron chi connectivity index (χ0n) is 6.59. The van der Waals surface area contributed by atoms with Crippen molar-refractivity contribution >= 4 is 0 Å².